The molecule has 5 heteroatoms. The number of halogens is 1. The molecule has 3 aromatic carbocycles. The molecule has 124 valence electrons. The number of carbonyl (C=O) groups is 1. The maximum Gasteiger partial charge on any atom is 0.337 e. The van der Waals surface area contributed by atoms with E-state index in [0.717, 1.165) is 22.4 Å². The molecule has 0 amide bonds. The van der Waals surface area contributed by atoms with Gasteiger partial charge in [-0.25, -0.2) is 4.79 Å². The summed E-state index contributed by atoms with van der Waals surface area (Å²) < 4.78 is 0. The summed E-state index contributed by atoms with van der Waals surface area (Å²) in [7, 11) is 0. The zero-order valence-electron chi connectivity index (χ0n) is 13.2. The molecule has 0 aliphatic carbocycles. The first kappa shape index (κ1) is 16.7. The van der Waals surface area contributed by atoms with E-state index in [1.54, 1.807) is 18.3 Å². The van der Waals surface area contributed by atoms with E-state index in [-0.39, 0.29) is 10.6 Å². The van der Waals surface area contributed by atoms with Crippen LogP contribution < -0.4 is 5.43 Å². The SMILES string of the molecule is O=C(O)c1ccc(-c2ccccc2C=NNc2ccccc2)cc1Cl. The fourth-order valence-corrected chi connectivity index (χ4v) is 2.68. The number of hydrazone groups is 1. The first-order valence-electron chi connectivity index (χ1n) is 7.61. The number of hydrogen-bond acceptors (Lipinski definition) is 3. The van der Waals surface area contributed by atoms with Crippen LogP contribution in [0.4, 0.5) is 5.69 Å². The molecule has 0 saturated carbocycles. The molecule has 25 heavy (non-hydrogen) atoms. The summed E-state index contributed by atoms with van der Waals surface area (Å²) in [6, 6.07) is 22.3. The first-order valence-corrected chi connectivity index (χ1v) is 7.99. The van der Waals surface area contributed by atoms with E-state index in [1.165, 1.54) is 6.07 Å². The van der Waals surface area contributed by atoms with Crippen LogP contribution >= 0.6 is 11.6 Å². The minimum absolute atomic E-state index is 0.0855. The molecule has 0 bridgehead atoms. The van der Waals surface area contributed by atoms with E-state index >= 15 is 0 Å². The lowest BCUT2D eigenvalue weighted by Crippen LogP contribution is -1.98. The number of rotatable bonds is 5. The van der Waals surface area contributed by atoms with Gasteiger partial charge < -0.3 is 5.11 Å². The average molecular weight is 351 g/mol. The van der Waals surface area contributed by atoms with E-state index < -0.39 is 5.97 Å². The fourth-order valence-electron chi connectivity index (χ4n) is 2.42. The van der Waals surface area contributed by atoms with Crippen LogP contribution in [0.5, 0.6) is 0 Å². The summed E-state index contributed by atoms with van der Waals surface area (Å²) in [5.41, 5.74) is 6.59. The van der Waals surface area contributed by atoms with Crippen molar-refractivity contribution in [2.24, 2.45) is 5.10 Å². The first-order chi connectivity index (χ1) is 12.1. The number of anilines is 1. The monoisotopic (exact) mass is 350 g/mol. The van der Waals surface area contributed by atoms with Gasteiger partial charge in [-0.3, -0.25) is 5.43 Å². The molecule has 0 aromatic heterocycles. The maximum atomic E-state index is 11.1. The Morgan fingerprint density at radius 1 is 1.00 bits per heavy atom. The van der Waals surface area contributed by atoms with Crippen molar-refractivity contribution < 1.29 is 9.90 Å². The van der Waals surface area contributed by atoms with Crippen LogP contribution in [-0.4, -0.2) is 17.3 Å². The summed E-state index contributed by atoms with van der Waals surface area (Å²) >= 11 is 6.08. The van der Waals surface area contributed by atoms with Crippen LogP contribution in [-0.2, 0) is 0 Å². The molecule has 0 spiro atoms. The lowest BCUT2D eigenvalue weighted by atomic mass is 9.99. The quantitative estimate of drug-likeness (QED) is 0.494. The van der Waals surface area contributed by atoms with Gasteiger partial charge in [-0.05, 0) is 35.4 Å². The lowest BCUT2D eigenvalue weighted by molar-refractivity contribution is 0.0697. The largest absolute Gasteiger partial charge is 0.478 e. The van der Waals surface area contributed by atoms with Crippen molar-refractivity contribution in [2.75, 3.05) is 5.43 Å². The van der Waals surface area contributed by atoms with E-state index in [4.69, 9.17) is 16.7 Å². The number of carboxylic acid groups (broad SMARTS) is 1. The van der Waals surface area contributed by atoms with E-state index in [9.17, 15) is 4.79 Å². The highest BCUT2D eigenvalue weighted by molar-refractivity contribution is 6.33. The molecule has 3 aromatic rings. The molecule has 0 aliphatic rings. The summed E-state index contributed by atoms with van der Waals surface area (Å²) in [5.74, 6) is -1.04. The molecule has 0 unspecified atom stereocenters. The van der Waals surface area contributed by atoms with Gasteiger partial charge in [-0.2, -0.15) is 5.10 Å². The zero-order valence-corrected chi connectivity index (χ0v) is 13.9. The number of para-hydroxylation sites is 1. The normalized spacial score (nSPS) is 10.8. The molecule has 0 saturated heterocycles. The number of aromatic carboxylic acids is 1. The van der Waals surface area contributed by atoms with Crippen LogP contribution in [0.2, 0.25) is 5.02 Å². The molecule has 3 rings (SSSR count). The highest BCUT2D eigenvalue weighted by atomic mass is 35.5. The predicted octanol–water partition coefficient (Wildman–Crippen LogP) is 5.15. The summed E-state index contributed by atoms with van der Waals surface area (Å²) in [5, 5.41) is 13.6. The third-order valence-corrected chi connectivity index (χ3v) is 3.96. The predicted molar refractivity (Wildman–Crippen MR) is 102 cm³/mol. The molecule has 0 radical (unpaired) electrons. The van der Waals surface area contributed by atoms with Gasteiger partial charge in [0.25, 0.3) is 0 Å². The minimum atomic E-state index is -1.04. The van der Waals surface area contributed by atoms with E-state index in [1.807, 2.05) is 54.6 Å². The van der Waals surface area contributed by atoms with Crippen molar-refractivity contribution in [2.45, 2.75) is 0 Å². The Bertz CT molecular complexity index is 924. The molecule has 0 heterocycles. The van der Waals surface area contributed by atoms with Crippen molar-refractivity contribution in [1.29, 1.82) is 0 Å². The van der Waals surface area contributed by atoms with Crippen molar-refractivity contribution >= 4 is 29.5 Å². The third kappa shape index (κ3) is 4.05. The van der Waals surface area contributed by atoms with Gasteiger partial charge in [-0.1, -0.05) is 60.1 Å². The lowest BCUT2D eigenvalue weighted by Gasteiger charge is -2.08. The molecule has 0 aliphatic heterocycles. The molecular formula is C20H15ClN2O2. The Balaban J connectivity index is 1.88. The number of benzene rings is 3. The van der Waals surface area contributed by atoms with E-state index in [2.05, 4.69) is 10.5 Å². The molecular weight excluding hydrogens is 336 g/mol. The third-order valence-electron chi connectivity index (χ3n) is 3.64. The Morgan fingerprint density at radius 2 is 1.72 bits per heavy atom. The molecule has 2 N–H and O–H groups in total. The number of nitrogens with one attached hydrogen (secondary N) is 1. The van der Waals surface area contributed by atoms with Crippen LogP contribution in [0.1, 0.15) is 15.9 Å². The summed E-state index contributed by atoms with van der Waals surface area (Å²) in [4.78, 5) is 11.1. The fraction of sp³-hybridized carbons (Fsp3) is 0. The summed E-state index contributed by atoms with van der Waals surface area (Å²) in [6.45, 7) is 0. The number of carboxylic acids is 1. The summed E-state index contributed by atoms with van der Waals surface area (Å²) in [6.07, 6.45) is 1.72. The van der Waals surface area contributed by atoms with E-state index in [0.29, 0.717) is 0 Å². The van der Waals surface area contributed by atoms with Crippen molar-refractivity contribution in [3.8, 4) is 11.1 Å². The molecule has 0 fully saturated rings. The molecule has 4 nitrogen and oxygen atoms in total. The van der Waals surface area contributed by atoms with Gasteiger partial charge >= 0.3 is 5.97 Å². The zero-order chi connectivity index (χ0) is 17.6. The second-order valence-corrected chi connectivity index (χ2v) is 5.73. The smallest absolute Gasteiger partial charge is 0.337 e. The van der Waals surface area contributed by atoms with Gasteiger partial charge in [0, 0.05) is 5.56 Å². The van der Waals surface area contributed by atoms with Crippen molar-refractivity contribution in [3.05, 3.63) is 88.9 Å². The number of hydrogen-bond donors (Lipinski definition) is 2. The molecule has 0 atom stereocenters. The second-order valence-electron chi connectivity index (χ2n) is 5.32. The Morgan fingerprint density at radius 3 is 2.44 bits per heavy atom. The highest BCUT2D eigenvalue weighted by Crippen LogP contribution is 2.27. The highest BCUT2D eigenvalue weighted by Gasteiger charge is 2.11. The van der Waals surface area contributed by atoms with Gasteiger partial charge in [0.2, 0.25) is 0 Å². The number of nitrogens with zero attached hydrogens (tertiary/aromatic N) is 1. The van der Waals surface area contributed by atoms with Gasteiger partial charge in [0.15, 0.2) is 0 Å². The second kappa shape index (κ2) is 7.64. The Labute approximate surface area is 150 Å². The minimum Gasteiger partial charge on any atom is -0.478 e. The maximum absolute atomic E-state index is 11.1. The van der Waals surface area contributed by atoms with Gasteiger partial charge in [-0.15, -0.1) is 0 Å². The van der Waals surface area contributed by atoms with Crippen LogP contribution in [0.15, 0.2) is 77.9 Å². The Hall–Kier alpha value is -3.11. The van der Waals surface area contributed by atoms with Crippen LogP contribution in [0, 0.1) is 0 Å². The Kier molecular flexibility index (Phi) is 5.11. The van der Waals surface area contributed by atoms with Crippen molar-refractivity contribution in [1.82, 2.24) is 0 Å². The van der Waals surface area contributed by atoms with Crippen molar-refractivity contribution in [3.63, 3.8) is 0 Å². The van der Waals surface area contributed by atoms with Crippen LogP contribution in [0.3, 0.4) is 0 Å². The van der Waals surface area contributed by atoms with Gasteiger partial charge in [0.1, 0.15) is 0 Å². The standard InChI is InChI=1S/C20H15ClN2O2/c21-19-12-14(10-11-18(19)20(24)25)17-9-5-4-6-15(17)13-22-23-16-7-2-1-3-8-16/h1-13,23H,(H,24,25). The van der Waals surface area contributed by atoms with Gasteiger partial charge in [0.05, 0.1) is 22.5 Å². The average Bonchev–Trinajstić information content (AvgIpc) is 2.62. The topological polar surface area (TPSA) is 61.7 Å². The van der Waals surface area contributed by atoms with Crippen LogP contribution in [0.25, 0.3) is 11.1 Å².